The Morgan fingerprint density at radius 3 is 2.23 bits per heavy atom. The van der Waals surface area contributed by atoms with Gasteiger partial charge in [0.05, 0.1) is 28.2 Å². The first-order chi connectivity index (χ1) is 23.7. The van der Waals surface area contributed by atoms with Gasteiger partial charge in [0.15, 0.2) is 0 Å². The van der Waals surface area contributed by atoms with Gasteiger partial charge < -0.3 is 9.13 Å². The molecular formula is C43H29N4P. The summed E-state index contributed by atoms with van der Waals surface area (Å²) in [7, 11) is 1.58. The van der Waals surface area contributed by atoms with Crippen molar-refractivity contribution in [2.45, 2.75) is 6.04 Å². The maximum atomic E-state index is 4.98. The van der Waals surface area contributed by atoms with Crippen LogP contribution >= 0.6 is 7.53 Å². The average Bonchev–Trinajstić information content (AvgIpc) is 3.94. The number of para-hydroxylation sites is 3. The molecule has 0 radical (unpaired) electrons. The van der Waals surface area contributed by atoms with Gasteiger partial charge in [-0.15, -0.1) is 0 Å². The molecule has 2 unspecified atom stereocenters. The van der Waals surface area contributed by atoms with Gasteiger partial charge in [-0.05, 0) is 88.0 Å². The van der Waals surface area contributed by atoms with Crippen LogP contribution in [0, 0.1) is 0 Å². The fourth-order valence-electron chi connectivity index (χ4n) is 8.34. The van der Waals surface area contributed by atoms with E-state index >= 15 is 0 Å². The topological polar surface area (TPSA) is 27.7 Å². The molecule has 226 valence electrons. The van der Waals surface area contributed by atoms with E-state index in [4.69, 9.17) is 5.10 Å². The van der Waals surface area contributed by atoms with E-state index in [-0.39, 0.29) is 6.04 Å². The van der Waals surface area contributed by atoms with E-state index in [1.807, 2.05) is 6.20 Å². The van der Waals surface area contributed by atoms with Gasteiger partial charge in [-0.1, -0.05) is 92.5 Å². The molecule has 10 aromatic rings. The molecule has 48 heavy (non-hydrogen) atoms. The summed E-state index contributed by atoms with van der Waals surface area (Å²) in [4.78, 5) is 0. The second-order valence-corrected chi connectivity index (χ2v) is 15.0. The van der Waals surface area contributed by atoms with Crippen molar-refractivity contribution in [1.82, 2.24) is 18.9 Å². The SMILES string of the molecule is Cn1c(-p2ccc3ccc(-n4c5ccccc5c5cc6c(cc54)C(n4ncc5ccccc54)c4ccccc4-6)cc32)cc2ccccc21. The molecular weight excluding hydrogens is 603 g/mol. The molecule has 4 heterocycles. The Labute approximate surface area is 277 Å². The molecule has 4 nitrogen and oxygen atoms in total. The monoisotopic (exact) mass is 632 g/mol. The summed E-state index contributed by atoms with van der Waals surface area (Å²) in [5.74, 6) is 2.42. The van der Waals surface area contributed by atoms with Crippen LogP contribution in [0.4, 0.5) is 0 Å². The normalized spacial score (nSPS) is 14.5. The molecule has 0 aliphatic heterocycles. The minimum atomic E-state index is -0.630. The minimum absolute atomic E-state index is 0.00417. The van der Waals surface area contributed by atoms with Crippen LogP contribution in [-0.4, -0.2) is 18.9 Å². The molecule has 0 amide bonds. The Hall–Kier alpha value is -5.83. The summed E-state index contributed by atoms with van der Waals surface area (Å²) in [6.45, 7) is 0. The first kappa shape index (κ1) is 26.3. The van der Waals surface area contributed by atoms with Gasteiger partial charge in [0.2, 0.25) is 0 Å². The lowest BCUT2D eigenvalue weighted by Crippen LogP contribution is -2.11. The molecule has 2 atom stereocenters. The van der Waals surface area contributed by atoms with E-state index in [0.717, 1.165) is 10.9 Å². The molecule has 0 bridgehead atoms. The first-order valence-corrected chi connectivity index (χ1v) is 17.9. The Kier molecular flexibility index (Phi) is 5.25. The van der Waals surface area contributed by atoms with Crippen molar-refractivity contribution >= 4 is 61.6 Å². The van der Waals surface area contributed by atoms with Crippen LogP contribution in [-0.2, 0) is 7.05 Å². The van der Waals surface area contributed by atoms with E-state index in [0.29, 0.717) is 0 Å². The van der Waals surface area contributed by atoms with Gasteiger partial charge in [0.25, 0.3) is 0 Å². The largest absolute Gasteiger partial charge is 0.341 e. The van der Waals surface area contributed by atoms with Gasteiger partial charge in [-0.3, -0.25) is 4.68 Å². The highest BCUT2D eigenvalue weighted by atomic mass is 31.1. The number of aryl methyl sites for hydroxylation is 1. The molecule has 0 saturated heterocycles. The Morgan fingerprint density at radius 2 is 1.33 bits per heavy atom. The van der Waals surface area contributed by atoms with Crippen LogP contribution < -0.4 is 0 Å². The van der Waals surface area contributed by atoms with E-state index in [1.54, 1.807) is 0 Å². The molecule has 4 aromatic heterocycles. The second kappa shape index (κ2) is 9.60. The van der Waals surface area contributed by atoms with Crippen LogP contribution in [0.2, 0.25) is 0 Å². The summed E-state index contributed by atoms with van der Waals surface area (Å²) in [6, 6.07) is 51.6. The van der Waals surface area contributed by atoms with Crippen LogP contribution in [0.3, 0.4) is 0 Å². The minimum Gasteiger partial charge on any atom is -0.341 e. The summed E-state index contributed by atoms with van der Waals surface area (Å²) >= 11 is 0. The standard InChI is InChI=1S/C43H29N4P/c1-45-37-15-7-2-10-28(37)22-42(45)48-21-20-27-18-19-30(23-41(27)48)46-39-17-9-6-13-32(39)35-24-34-31-12-4-5-14-33(31)43(36(34)25-40(35)46)47-38-16-8-3-11-29(38)26-44-47/h2-26,43H,1H3. The van der Waals surface area contributed by atoms with Gasteiger partial charge in [-0.25, -0.2) is 0 Å². The zero-order valence-corrected chi connectivity index (χ0v) is 27.1. The summed E-state index contributed by atoms with van der Waals surface area (Å²) in [5, 5.41) is 12.7. The van der Waals surface area contributed by atoms with E-state index < -0.39 is 7.53 Å². The highest BCUT2D eigenvalue weighted by molar-refractivity contribution is 7.61. The fourth-order valence-corrected chi connectivity index (χ4v) is 10.6. The third kappa shape index (κ3) is 3.48. The first-order valence-electron chi connectivity index (χ1n) is 16.5. The Bertz CT molecular complexity index is 2930. The van der Waals surface area contributed by atoms with Crippen molar-refractivity contribution in [3.05, 3.63) is 163 Å². The molecule has 0 spiro atoms. The molecule has 0 fully saturated rings. The number of aromatic nitrogens is 4. The van der Waals surface area contributed by atoms with E-state index in [9.17, 15) is 0 Å². The number of hydrogen-bond donors (Lipinski definition) is 0. The predicted molar refractivity (Wildman–Crippen MR) is 201 cm³/mol. The van der Waals surface area contributed by atoms with Crippen LogP contribution in [0.25, 0.3) is 76.4 Å². The maximum absolute atomic E-state index is 4.98. The van der Waals surface area contributed by atoms with Gasteiger partial charge in [0, 0.05) is 44.9 Å². The second-order valence-electron chi connectivity index (χ2n) is 13.0. The zero-order chi connectivity index (χ0) is 31.5. The third-order valence-corrected chi connectivity index (χ3v) is 12.8. The highest BCUT2D eigenvalue weighted by Gasteiger charge is 2.32. The van der Waals surface area contributed by atoms with Crippen molar-refractivity contribution in [2.24, 2.45) is 7.05 Å². The lowest BCUT2D eigenvalue weighted by atomic mass is 10.0. The number of hydrogen-bond acceptors (Lipinski definition) is 1. The molecule has 6 aromatic carbocycles. The Balaban J connectivity index is 1.18. The van der Waals surface area contributed by atoms with Gasteiger partial charge in [0.1, 0.15) is 6.04 Å². The van der Waals surface area contributed by atoms with Crippen molar-refractivity contribution in [1.29, 1.82) is 0 Å². The fraction of sp³-hybridized carbons (Fsp3) is 0.0465. The smallest absolute Gasteiger partial charge is 0.104 e. The number of fused-ring (bicyclic) bond motifs is 9. The van der Waals surface area contributed by atoms with E-state index in [2.05, 4.69) is 166 Å². The highest BCUT2D eigenvalue weighted by Crippen LogP contribution is 2.51. The number of benzene rings is 6. The molecule has 11 rings (SSSR count). The molecule has 1 aliphatic rings. The summed E-state index contributed by atoms with van der Waals surface area (Å²) in [6.07, 6.45) is 2.00. The average molecular weight is 633 g/mol. The van der Waals surface area contributed by atoms with Gasteiger partial charge >= 0.3 is 0 Å². The van der Waals surface area contributed by atoms with E-state index in [1.165, 1.54) is 76.6 Å². The number of nitrogens with zero attached hydrogens (tertiary/aromatic N) is 4. The maximum Gasteiger partial charge on any atom is 0.104 e. The predicted octanol–water partition coefficient (Wildman–Crippen LogP) is 11.4. The Morgan fingerprint density at radius 1 is 0.562 bits per heavy atom. The number of rotatable bonds is 3. The van der Waals surface area contributed by atoms with Crippen molar-refractivity contribution < 1.29 is 0 Å². The molecule has 0 N–H and O–H groups in total. The van der Waals surface area contributed by atoms with Crippen molar-refractivity contribution in [3.63, 3.8) is 0 Å². The van der Waals surface area contributed by atoms with Gasteiger partial charge in [-0.2, -0.15) is 5.10 Å². The molecule has 5 heteroatoms. The quantitative estimate of drug-likeness (QED) is 0.190. The lowest BCUT2D eigenvalue weighted by Gasteiger charge is -2.17. The van der Waals surface area contributed by atoms with Crippen LogP contribution in [0.1, 0.15) is 17.2 Å². The molecule has 1 aliphatic carbocycles. The lowest BCUT2D eigenvalue weighted by molar-refractivity contribution is 0.628. The van der Waals surface area contributed by atoms with Crippen LogP contribution in [0.5, 0.6) is 0 Å². The molecule has 0 saturated carbocycles. The summed E-state index contributed by atoms with van der Waals surface area (Å²) < 4.78 is 7.09. The summed E-state index contributed by atoms with van der Waals surface area (Å²) in [5.41, 5.74) is 12.6. The zero-order valence-electron chi connectivity index (χ0n) is 26.2. The van der Waals surface area contributed by atoms with Crippen LogP contribution in [0.15, 0.2) is 152 Å². The third-order valence-electron chi connectivity index (χ3n) is 10.5. The van der Waals surface area contributed by atoms with Crippen molar-refractivity contribution in [3.8, 4) is 22.2 Å². The van der Waals surface area contributed by atoms with Crippen molar-refractivity contribution in [2.75, 3.05) is 0 Å².